The maximum absolute atomic E-state index is 13.0. The summed E-state index contributed by atoms with van der Waals surface area (Å²) in [7, 11) is 0. The van der Waals surface area contributed by atoms with Crippen molar-refractivity contribution in [2.24, 2.45) is 0 Å². The van der Waals surface area contributed by atoms with Crippen LogP contribution in [0, 0.1) is 5.82 Å². The number of hydrogen-bond donors (Lipinski definition) is 1. The number of halogens is 1. The molecule has 0 spiro atoms. The summed E-state index contributed by atoms with van der Waals surface area (Å²) in [6, 6.07) is 14.3. The van der Waals surface area contributed by atoms with Crippen LogP contribution in [0.1, 0.15) is 12.5 Å². The predicted octanol–water partition coefficient (Wildman–Crippen LogP) is 4.35. The number of rotatable bonds is 6. The van der Waals surface area contributed by atoms with Crippen LogP contribution in [0.25, 0.3) is 6.08 Å². The highest BCUT2D eigenvalue weighted by molar-refractivity contribution is 5.56. The molecule has 20 heavy (non-hydrogen) atoms. The highest BCUT2D eigenvalue weighted by Gasteiger charge is 1.99. The smallest absolute Gasteiger partial charge is 0.126 e. The zero-order valence-electron chi connectivity index (χ0n) is 11.5. The second-order valence-electron chi connectivity index (χ2n) is 4.32. The number of ether oxygens (including phenoxy) is 1. The van der Waals surface area contributed by atoms with Gasteiger partial charge in [0.15, 0.2) is 0 Å². The van der Waals surface area contributed by atoms with Crippen LogP contribution in [0.5, 0.6) is 5.75 Å². The van der Waals surface area contributed by atoms with E-state index in [2.05, 4.69) is 5.32 Å². The maximum Gasteiger partial charge on any atom is 0.126 e. The van der Waals surface area contributed by atoms with Gasteiger partial charge in [-0.1, -0.05) is 36.4 Å². The minimum Gasteiger partial charge on any atom is -0.491 e. The minimum atomic E-state index is -0.241. The molecule has 0 unspecified atom stereocenters. The van der Waals surface area contributed by atoms with Gasteiger partial charge in [-0.15, -0.1) is 0 Å². The molecule has 0 saturated heterocycles. The zero-order valence-corrected chi connectivity index (χ0v) is 11.5. The lowest BCUT2D eigenvalue weighted by Crippen LogP contribution is -2.11. The lowest BCUT2D eigenvalue weighted by atomic mass is 10.2. The van der Waals surface area contributed by atoms with Crippen molar-refractivity contribution in [3.8, 4) is 5.75 Å². The molecule has 0 aliphatic rings. The third kappa shape index (κ3) is 4.12. The number of nitrogens with one attached hydrogen (secondary N) is 1. The van der Waals surface area contributed by atoms with Gasteiger partial charge in [0.25, 0.3) is 0 Å². The lowest BCUT2D eigenvalue weighted by Gasteiger charge is -2.10. The van der Waals surface area contributed by atoms with Crippen LogP contribution in [0.4, 0.5) is 10.1 Å². The maximum atomic E-state index is 13.0. The second-order valence-corrected chi connectivity index (χ2v) is 4.32. The second kappa shape index (κ2) is 7.34. The highest BCUT2D eigenvalue weighted by Crippen LogP contribution is 2.19. The van der Waals surface area contributed by atoms with E-state index in [0.717, 1.165) is 17.0 Å². The molecule has 3 heteroatoms. The molecule has 2 rings (SSSR count). The predicted molar refractivity (Wildman–Crippen MR) is 81.5 cm³/mol. The van der Waals surface area contributed by atoms with E-state index in [0.29, 0.717) is 13.2 Å². The van der Waals surface area contributed by atoms with Crippen LogP contribution >= 0.6 is 0 Å². The Balaban J connectivity index is 1.84. The number of para-hydroxylation sites is 1. The molecule has 2 nitrogen and oxygen atoms in total. The summed E-state index contributed by atoms with van der Waals surface area (Å²) < 4.78 is 18.7. The molecule has 1 N–H and O–H groups in total. The van der Waals surface area contributed by atoms with Crippen LogP contribution in [0.3, 0.4) is 0 Å². The molecule has 2 aromatic carbocycles. The minimum absolute atomic E-state index is 0.241. The quantitative estimate of drug-likeness (QED) is 0.789. The fraction of sp³-hybridized carbons (Fsp3) is 0.176. The van der Waals surface area contributed by atoms with E-state index < -0.39 is 0 Å². The van der Waals surface area contributed by atoms with Crippen molar-refractivity contribution in [2.75, 3.05) is 18.5 Å². The van der Waals surface area contributed by atoms with E-state index in [1.165, 1.54) is 12.1 Å². The Hall–Kier alpha value is -2.29. The van der Waals surface area contributed by atoms with Crippen LogP contribution in [-0.2, 0) is 0 Å². The van der Waals surface area contributed by atoms with E-state index in [1.54, 1.807) is 6.07 Å². The average molecular weight is 271 g/mol. The summed E-state index contributed by atoms with van der Waals surface area (Å²) in [5.74, 6) is 0.612. The van der Waals surface area contributed by atoms with E-state index in [1.807, 2.05) is 49.4 Å². The fourth-order valence-corrected chi connectivity index (χ4v) is 1.88. The van der Waals surface area contributed by atoms with Gasteiger partial charge in [0.05, 0.1) is 0 Å². The molecule has 0 bridgehead atoms. The Morgan fingerprint density at radius 1 is 1.15 bits per heavy atom. The number of allylic oxidation sites excluding steroid dienone is 1. The van der Waals surface area contributed by atoms with Crippen molar-refractivity contribution in [1.29, 1.82) is 0 Å². The van der Waals surface area contributed by atoms with Crippen LogP contribution in [-0.4, -0.2) is 13.2 Å². The van der Waals surface area contributed by atoms with Gasteiger partial charge >= 0.3 is 0 Å². The first-order valence-corrected chi connectivity index (χ1v) is 6.63. The number of anilines is 1. The Kier molecular flexibility index (Phi) is 5.18. The Morgan fingerprint density at radius 3 is 2.80 bits per heavy atom. The fourth-order valence-electron chi connectivity index (χ4n) is 1.88. The summed E-state index contributed by atoms with van der Waals surface area (Å²) in [5, 5.41) is 3.12. The summed E-state index contributed by atoms with van der Waals surface area (Å²) >= 11 is 0. The van der Waals surface area contributed by atoms with Gasteiger partial charge in [-0.3, -0.25) is 0 Å². The molecule has 2 aromatic rings. The molecular formula is C17H18FNO. The first-order valence-electron chi connectivity index (χ1n) is 6.63. The monoisotopic (exact) mass is 271 g/mol. The van der Waals surface area contributed by atoms with Crippen molar-refractivity contribution in [3.05, 3.63) is 66.0 Å². The molecule has 0 atom stereocenters. The van der Waals surface area contributed by atoms with Crippen LogP contribution in [0.15, 0.2) is 54.6 Å². The van der Waals surface area contributed by atoms with Crippen LogP contribution < -0.4 is 10.1 Å². The van der Waals surface area contributed by atoms with Gasteiger partial charge < -0.3 is 10.1 Å². The molecule has 0 aliphatic carbocycles. The Labute approximate surface area is 118 Å². The first-order chi connectivity index (χ1) is 9.79. The van der Waals surface area contributed by atoms with Gasteiger partial charge in [-0.25, -0.2) is 4.39 Å². The Bertz CT molecular complexity index is 581. The average Bonchev–Trinajstić information content (AvgIpc) is 2.46. The van der Waals surface area contributed by atoms with Crippen molar-refractivity contribution in [1.82, 2.24) is 0 Å². The third-order valence-electron chi connectivity index (χ3n) is 2.78. The molecular weight excluding hydrogens is 253 g/mol. The van der Waals surface area contributed by atoms with Gasteiger partial charge in [0, 0.05) is 17.8 Å². The first kappa shape index (κ1) is 14.1. The van der Waals surface area contributed by atoms with E-state index in [9.17, 15) is 4.39 Å². The molecule has 0 saturated carbocycles. The van der Waals surface area contributed by atoms with Crippen molar-refractivity contribution < 1.29 is 9.13 Å². The molecule has 104 valence electrons. The lowest BCUT2D eigenvalue weighted by molar-refractivity contribution is 0.332. The summed E-state index contributed by atoms with van der Waals surface area (Å²) in [6.45, 7) is 3.11. The van der Waals surface area contributed by atoms with Gasteiger partial charge in [-0.05, 0) is 31.2 Å². The van der Waals surface area contributed by atoms with Crippen LogP contribution in [0.2, 0.25) is 0 Å². The largest absolute Gasteiger partial charge is 0.491 e. The zero-order chi connectivity index (χ0) is 14.2. The number of hydrogen-bond acceptors (Lipinski definition) is 2. The standard InChI is InChI=1S/C17H18FNO/c1-2-6-14-7-3-4-10-17(14)20-12-11-19-16-9-5-8-15(18)13-16/h2-10,13,19H,11-12H2,1H3. The summed E-state index contributed by atoms with van der Waals surface area (Å²) in [5.41, 5.74) is 1.82. The van der Waals surface area contributed by atoms with Gasteiger partial charge in [0.2, 0.25) is 0 Å². The summed E-state index contributed by atoms with van der Waals surface area (Å²) in [6.07, 6.45) is 3.99. The summed E-state index contributed by atoms with van der Waals surface area (Å²) in [4.78, 5) is 0. The molecule has 0 aliphatic heterocycles. The van der Waals surface area contributed by atoms with E-state index in [4.69, 9.17) is 4.74 Å². The number of benzene rings is 2. The van der Waals surface area contributed by atoms with Gasteiger partial charge in [-0.2, -0.15) is 0 Å². The van der Waals surface area contributed by atoms with Crippen molar-refractivity contribution in [2.45, 2.75) is 6.92 Å². The molecule has 0 heterocycles. The topological polar surface area (TPSA) is 21.3 Å². The van der Waals surface area contributed by atoms with Gasteiger partial charge in [0.1, 0.15) is 18.2 Å². The molecule has 0 amide bonds. The normalized spacial score (nSPS) is 10.7. The van der Waals surface area contributed by atoms with E-state index in [-0.39, 0.29) is 5.82 Å². The molecule has 0 fully saturated rings. The SMILES string of the molecule is CC=Cc1ccccc1OCCNc1cccc(F)c1. The van der Waals surface area contributed by atoms with Crippen molar-refractivity contribution in [3.63, 3.8) is 0 Å². The highest BCUT2D eigenvalue weighted by atomic mass is 19.1. The third-order valence-corrected chi connectivity index (χ3v) is 2.78. The molecule has 0 aromatic heterocycles. The Morgan fingerprint density at radius 2 is 2.00 bits per heavy atom. The molecule has 0 radical (unpaired) electrons. The van der Waals surface area contributed by atoms with Crippen molar-refractivity contribution >= 4 is 11.8 Å². The van der Waals surface area contributed by atoms with E-state index >= 15 is 0 Å².